The van der Waals surface area contributed by atoms with Crippen molar-refractivity contribution in [3.63, 3.8) is 0 Å². The van der Waals surface area contributed by atoms with Gasteiger partial charge < -0.3 is 15.2 Å². The van der Waals surface area contributed by atoms with Crippen LogP contribution in [-0.2, 0) is 16.1 Å². The SMILES string of the molecule is Cc1cc(CNC(=O)C2CCC(=O)N2)c(C)n1C(C)C. The maximum atomic E-state index is 12.0. The van der Waals surface area contributed by atoms with Gasteiger partial charge in [-0.2, -0.15) is 0 Å². The first-order chi connectivity index (χ1) is 9.40. The number of hydrogen-bond acceptors (Lipinski definition) is 2. The van der Waals surface area contributed by atoms with E-state index in [1.54, 1.807) is 0 Å². The highest BCUT2D eigenvalue weighted by atomic mass is 16.2. The molecule has 0 bridgehead atoms. The van der Waals surface area contributed by atoms with E-state index in [1.165, 1.54) is 11.4 Å². The largest absolute Gasteiger partial charge is 0.350 e. The Kier molecular flexibility index (Phi) is 4.16. The molecule has 110 valence electrons. The molecule has 1 aliphatic heterocycles. The first-order valence-electron chi connectivity index (χ1n) is 7.14. The molecular weight excluding hydrogens is 254 g/mol. The third-order valence-corrected chi connectivity index (χ3v) is 3.87. The number of hydrogen-bond donors (Lipinski definition) is 2. The summed E-state index contributed by atoms with van der Waals surface area (Å²) >= 11 is 0. The monoisotopic (exact) mass is 277 g/mol. The smallest absolute Gasteiger partial charge is 0.242 e. The van der Waals surface area contributed by atoms with Crippen molar-refractivity contribution in [1.82, 2.24) is 15.2 Å². The fourth-order valence-corrected chi connectivity index (χ4v) is 2.94. The van der Waals surface area contributed by atoms with E-state index in [9.17, 15) is 9.59 Å². The molecule has 2 rings (SSSR count). The fourth-order valence-electron chi connectivity index (χ4n) is 2.94. The molecule has 1 aromatic heterocycles. The van der Waals surface area contributed by atoms with Crippen LogP contribution in [0.2, 0.25) is 0 Å². The molecule has 2 amide bonds. The molecule has 1 aliphatic rings. The summed E-state index contributed by atoms with van der Waals surface area (Å²) in [6, 6.07) is 2.16. The number of carbonyl (C=O) groups is 2. The predicted octanol–water partition coefficient (Wildman–Crippen LogP) is 1.58. The van der Waals surface area contributed by atoms with Crippen LogP contribution in [0.5, 0.6) is 0 Å². The van der Waals surface area contributed by atoms with Crippen LogP contribution in [0.15, 0.2) is 6.07 Å². The summed E-state index contributed by atoms with van der Waals surface area (Å²) in [5.74, 6) is -0.131. The van der Waals surface area contributed by atoms with Crippen LogP contribution in [0, 0.1) is 13.8 Å². The molecule has 5 heteroatoms. The second-order valence-electron chi connectivity index (χ2n) is 5.74. The zero-order chi connectivity index (χ0) is 14.9. The van der Waals surface area contributed by atoms with E-state index in [0.717, 1.165) is 5.56 Å². The van der Waals surface area contributed by atoms with Crippen LogP contribution in [-0.4, -0.2) is 22.4 Å². The number of aromatic nitrogens is 1. The van der Waals surface area contributed by atoms with Crippen molar-refractivity contribution in [1.29, 1.82) is 0 Å². The average Bonchev–Trinajstić information content (AvgIpc) is 2.90. The summed E-state index contributed by atoms with van der Waals surface area (Å²) in [6.45, 7) is 8.96. The van der Waals surface area contributed by atoms with Gasteiger partial charge in [-0.05, 0) is 45.7 Å². The highest BCUT2D eigenvalue weighted by Crippen LogP contribution is 2.20. The average molecular weight is 277 g/mol. The Morgan fingerprint density at radius 1 is 1.50 bits per heavy atom. The Hall–Kier alpha value is -1.78. The van der Waals surface area contributed by atoms with Crippen LogP contribution in [0.25, 0.3) is 0 Å². The summed E-state index contributed by atoms with van der Waals surface area (Å²) in [6.07, 6.45) is 1.04. The molecule has 1 fully saturated rings. The minimum absolute atomic E-state index is 0.0388. The van der Waals surface area contributed by atoms with Crippen molar-refractivity contribution in [2.24, 2.45) is 0 Å². The van der Waals surface area contributed by atoms with Gasteiger partial charge in [0.25, 0.3) is 0 Å². The van der Waals surface area contributed by atoms with Gasteiger partial charge in [-0.1, -0.05) is 0 Å². The van der Waals surface area contributed by atoms with Gasteiger partial charge in [0.15, 0.2) is 0 Å². The Morgan fingerprint density at radius 3 is 2.70 bits per heavy atom. The molecule has 1 unspecified atom stereocenters. The predicted molar refractivity (Wildman–Crippen MR) is 77.3 cm³/mol. The Balaban J connectivity index is 1.99. The lowest BCUT2D eigenvalue weighted by molar-refractivity contribution is -0.125. The lowest BCUT2D eigenvalue weighted by atomic mass is 10.2. The van der Waals surface area contributed by atoms with Crippen LogP contribution >= 0.6 is 0 Å². The summed E-state index contributed by atoms with van der Waals surface area (Å²) in [5.41, 5.74) is 3.53. The zero-order valence-electron chi connectivity index (χ0n) is 12.6. The van der Waals surface area contributed by atoms with E-state index in [4.69, 9.17) is 0 Å². The molecular formula is C15H23N3O2. The van der Waals surface area contributed by atoms with Crippen LogP contribution in [0.1, 0.15) is 49.7 Å². The third kappa shape index (κ3) is 2.86. The van der Waals surface area contributed by atoms with Gasteiger partial charge in [-0.25, -0.2) is 0 Å². The third-order valence-electron chi connectivity index (χ3n) is 3.87. The number of rotatable bonds is 4. The number of nitrogens with zero attached hydrogens (tertiary/aromatic N) is 1. The highest BCUT2D eigenvalue weighted by molar-refractivity contribution is 5.90. The van der Waals surface area contributed by atoms with Gasteiger partial charge in [-0.3, -0.25) is 9.59 Å². The standard InChI is InChI=1S/C15H23N3O2/c1-9(2)18-10(3)7-12(11(18)4)8-16-15(20)13-5-6-14(19)17-13/h7,9,13H,5-6,8H2,1-4H3,(H,16,20)(H,17,19). The Bertz CT molecular complexity index is 531. The Morgan fingerprint density at radius 2 is 2.20 bits per heavy atom. The molecule has 20 heavy (non-hydrogen) atoms. The summed E-state index contributed by atoms with van der Waals surface area (Å²) in [7, 11) is 0. The van der Waals surface area contributed by atoms with Gasteiger partial charge in [-0.15, -0.1) is 0 Å². The molecule has 0 aromatic carbocycles. The topological polar surface area (TPSA) is 63.1 Å². The second-order valence-corrected chi connectivity index (χ2v) is 5.74. The molecule has 1 aromatic rings. The molecule has 1 atom stereocenters. The second kappa shape index (κ2) is 5.69. The maximum absolute atomic E-state index is 12.0. The Labute approximate surface area is 119 Å². The lowest BCUT2D eigenvalue weighted by Crippen LogP contribution is -2.41. The zero-order valence-corrected chi connectivity index (χ0v) is 12.6. The first-order valence-corrected chi connectivity index (χ1v) is 7.14. The minimum atomic E-state index is -0.365. The van der Waals surface area contributed by atoms with Gasteiger partial charge in [0.05, 0.1) is 0 Å². The number of carbonyl (C=O) groups excluding carboxylic acids is 2. The van der Waals surface area contributed by atoms with Gasteiger partial charge in [0, 0.05) is 30.4 Å². The summed E-state index contributed by atoms with van der Waals surface area (Å²) in [5, 5.41) is 5.60. The van der Waals surface area contributed by atoms with E-state index in [1.807, 2.05) is 0 Å². The fraction of sp³-hybridized carbons (Fsp3) is 0.600. The highest BCUT2D eigenvalue weighted by Gasteiger charge is 2.27. The van der Waals surface area contributed by atoms with E-state index in [0.29, 0.717) is 25.4 Å². The quantitative estimate of drug-likeness (QED) is 0.877. The molecule has 0 spiro atoms. The van der Waals surface area contributed by atoms with Crippen LogP contribution < -0.4 is 10.6 Å². The first kappa shape index (κ1) is 14.6. The molecule has 0 aliphatic carbocycles. The molecule has 5 nitrogen and oxygen atoms in total. The molecule has 1 saturated heterocycles. The normalized spacial score (nSPS) is 18.4. The molecule has 0 saturated carbocycles. The van der Waals surface area contributed by atoms with Crippen LogP contribution in [0.3, 0.4) is 0 Å². The van der Waals surface area contributed by atoms with Gasteiger partial charge in [0.1, 0.15) is 6.04 Å². The number of aryl methyl sites for hydroxylation is 1. The maximum Gasteiger partial charge on any atom is 0.242 e. The van der Waals surface area contributed by atoms with Gasteiger partial charge >= 0.3 is 0 Å². The molecule has 0 radical (unpaired) electrons. The van der Waals surface area contributed by atoms with Crippen molar-refractivity contribution in [2.75, 3.05) is 0 Å². The summed E-state index contributed by atoms with van der Waals surface area (Å²) in [4.78, 5) is 23.1. The van der Waals surface area contributed by atoms with Crippen LogP contribution in [0.4, 0.5) is 0 Å². The van der Waals surface area contributed by atoms with Crippen molar-refractivity contribution in [3.05, 3.63) is 23.0 Å². The molecule has 2 heterocycles. The van der Waals surface area contributed by atoms with Crippen molar-refractivity contribution in [2.45, 2.75) is 59.2 Å². The van der Waals surface area contributed by atoms with E-state index < -0.39 is 0 Å². The van der Waals surface area contributed by atoms with E-state index >= 15 is 0 Å². The lowest BCUT2D eigenvalue weighted by Gasteiger charge is -2.14. The van der Waals surface area contributed by atoms with Gasteiger partial charge in [0.2, 0.25) is 11.8 Å². The minimum Gasteiger partial charge on any atom is -0.350 e. The number of nitrogens with one attached hydrogen (secondary N) is 2. The van der Waals surface area contributed by atoms with Crippen molar-refractivity contribution >= 4 is 11.8 Å². The van der Waals surface area contributed by atoms with Crippen molar-refractivity contribution in [3.8, 4) is 0 Å². The van der Waals surface area contributed by atoms with E-state index in [2.05, 4.69) is 49.0 Å². The summed E-state index contributed by atoms with van der Waals surface area (Å²) < 4.78 is 2.26. The number of amides is 2. The molecule has 2 N–H and O–H groups in total. The van der Waals surface area contributed by atoms with E-state index in [-0.39, 0.29) is 17.9 Å². The van der Waals surface area contributed by atoms with Crippen molar-refractivity contribution < 1.29 is 9.59 Å².